The van der Waals surface area contributed by atoms with Crippen molar-refractivity contribution in [1.82, 2.24) is 5.32 Å². The summed E-state index contributed by atoms with van der Waals surface area (Å²) in [6, 6.07) is 12.3. The summed E-state index contributed by atoms with van der Waals surface area (Å²) in [5.74, 6) is -0.355. The van der Waals surface area contributed by atoms with Gasteiger partial charge >= 0.3 is 0 Å². The summed E-state index contributed by atoms with van der Waals surface area (Å²) < 4.78 is 5.47. The second kappa shape index (κ2) is 7.70. The van der Waals surface area contributed by atoms with Gasteiger partial charge in [0, 0.05) is 30.8 Å². The van der Waals surface area contributed by atoms with Crippen LogP contribution in [0.1, 0.15) is 33.2 Å². The summed E-state index contributed by atoms with van der Waals surface area (Å²) in [5, 5.41) is 13.8. The molecular weight excluding hydrogens is 308 g/mol. The van der Waals surface area contributed by atoms with E-state index in [4.69, 9.17) is 4.74 Å². The molecule has 2 aromatic carbocycles. The summed E-state index contributed by atoms with van der Waals surface area (Å²) >= 11 is 0. The summed E-state index contributed by atoms with van der Waals surface area (Å²) in [4.78, 5) is 22.9. The smallest absolute Gasteiger partial charge is 0.273 e. The van der Waals surface area contributed by atoms with Crippen molar-refractivity contribution in [3.05, 3.63) is 74.8 Å². The first-order valence-corrected chi connectivity index (χ1v) is 7.56. The SMILES string of the molecule is COC(CNC(=O)c1cccc([N+](=O)[O-])c1C)c1ccccc1C. The number of methoxy groups -OCH3 is 1. The molecule has 1 unspecified atom stereocenters. The average molecular weight is 328 g/mol. The van der Waals surface area contributed by atoms with Crippen molar-refractivity contribution in [3.63, 3.8) is 0 Å². The highest BCUT2D eigenvalue weighted by molar-refractivity contribution is 5.96. The van der Waals surface area contributed by atoms with E-state index < -0.39 is 4.92 Å². The number of ether oxygens (including phenoxy) is 1. The van der Waals surface area contributed by atoms with E-state index in [1.165, 1.54) is 12.1 Å². The zero-order valence-electron chi connectivity index (χ0n) is 13.9. The van der Waals surface area contributed by atoms with Crippen LogP contribution < -0.4 is 5.32 Å². The van der Waals surface area contributed by atoms with Crippen molar-refractivity contribution in [2.75, 3.05) is 13.7 Å². The molecule has 0 aliphatic carbocycles. The first-order chi connectivity index (χ1) is 11.5. The van der Waals surface area contributed by atoms with E-state index in [9.17, 15) is 14.9 Å². The summed E-state index contributed by atoms with van der Waals surface area (Å²) in [6.45, 7) is 3.83. The third-order valence-electron chi connectivity index (χ3n) is 4.01. The Balaban J connectivity index is 2.14. The van der Waals surface area contributed by atoms with Gasteiger partial charge in [-0.25, -0.2) is 0 Å². The van der Waals surface area contributed by atoms with Crippen LogP contribution in [0.4, 0.5) is 5.69 Å². The minimum atomic E-state index is -0.489. The van der Waals surface area contributed by atoms with Gasteiger partial charge in [-0.15, -0.1) is 0 Å². The zero-order chi connectivity index (χ0) is 17.7. The summed E-state index contributed by atoms with van der Waals surface area (Å²) in [5.41, 5.74) is 2.65. The predicted octanol–water partition coefficient (Wildman–Crippen LogP) is 3.33. The molecule has 0 spiro atoms. The number of nitro benzene ring substituents is 1. The molecule has 6 heteroatoms. The molecule has 1 N–H and O–H groups in total. The van der Waals surface area contributed by atoms with Gasteiger partial charge in [0.15, 0.2) is 0 Å². The Morgan fingerprint density at radius 3 is 2.54 bits per heavy atom. The quantitative estimate of drug-likeness (QED) is 0.651. The maximum Gasteiger partial charge on any atom is 0.273 e. The molecule has 6 nitrogen and oxygen atoms in total. The fourth-order valence-corrected chi connectivity index (χ4v) is 2.62. The van der Waals surface area contributed by atoms with Gasteiger partial charge in [0.05, 0.1) is 11.0 Å². The lowest BCUT2D eigenvalue weighted by atomic mass is 10.0. The maximum absolute atomic E-state index is 12.4. The third kappa shape index (κ3) is 3.78. The minimum Gasteiger partial charge on any atom is -0.375 e. The second-order valence-corrected chi connectivity index (χ2v) is 5.50. The number of hydrogen-bond acceptors (Lipinski definition) is 4. The third-order valence-corrected chi connectivity index (χ3v) is 4.01. The minimum absolute atomic E-state index is 0.0650. The van der Waals surface area contributed by atoms with Gasteiger partial charge in [0.2, 0.25) is 0 Å². The molecule has 0 aliphatic rings. The van der Waals surface area contributed by atoms with Gasteiger partial charge in [0.1, 0.15) is 0 Å². The molecule has 1 atom stereocenters. The predicted molar refractivity (Wildman–Crippen MR) is 91.1 cm³/mol. The fourth-order valence-electron chi connectivity index (χ4n) is 2.62. The van der Waals surface area contributed by atoms with Crippen LogP contribution in [0.15, 0.2) is 42.5 Å². The molecule has 0 fully saturated rings. The Kier molecular flexibility index (Phi) is 5.65. The molecule has 0 saturated heterocycles. The lowest BCUT2D eigenvalue weighted by molar-refractivity contribution is -0.385. The summed E-state index contributed by atoms with van der Waals surface area (Å²) in [7, 11) is 1.59. The molecule has 126 valence electrons. The number of aryl methyl sites for hydroxylation is 1. The molecule has 2 rings (SSSR count). The summed E-state index contributed by atoms with van der Waals surface area (Å²) in [6.07, 6.45) is -0.283. The van der Waals surface area contributed by atoms with Gasteiger partial charge < -0.3 is 10.1 Å². The molecule has 0 radical (unpaired) electrons. The van der Waals surface area contributed by atoms with Crippen LogP contribution in [0.3, 0.4) is 0 Å². The van der Waals surface area contributed by atoms with E-state index in [-0.39, 0.29) is 24.2 Å². The van der Waals surface area contributed by atoms with Crippen LogP contribution in [0.5, 0.6) is 0 Å². The molecule has 0 aromatic heterocycles. The number of rotatable bonds is 6. The van der Waals surface area contributed by atoms with Crippen LogP contribution in [0.25, 0.3) is 0 Å². The fraction of sp³-hybridized carbons (Fsp3) is 0.278. The van der Waals surface area contributed by atoms with E-state index in [1.807, 2.05) is 31.2 Å². The van der Waals surface area contributed by atoms with Gasteiger partial charge in [0.25, 0.3) is 11.6 Å². The van der Waals surface area contributed by atoms with Crippen molar-refractivity contribution >= 4 is 11.6 Å². The normalized spacial score (nSPS) is 11.8. The van der Waals surface area contributed by atoms with Crippen molar-refractivity contribution < 1.29 is 14.5 Å². The molecule has 0 aliphatic heterocycles. The molecule has 0 saturated carbocycles. The highest BCUT2D eigenvalue weighted by Gasteiger charge is 2.19. The lowest BCUT2D eigenvalue weighted by Gasteiger charge is -2.19. The maximum atomic E-state index is 12.4. The van der Waals surface area contributed by atoms with E-state index in [2.05, 4.69) is 5.32 Å². The second-order valence-electron chi connectivity index (χ2n) is 5.50. The zero-order valence-corrected chi connectivity index (χ0v) is 13.9. The van der Waals surface area contributed by atoms with Crippen molar-refractivity contribution in [1.29, 1.82) is 0 Å². The van der Waals surface area contributed by atoms with Gasteiger partial charge in [-0.2, -0.15) is 0 Å². The molecule has 1 amide bonds. The highest BCUT2D eigenvalue weighted by atomic mass is 16.6. The Morgan fingerprint density at radius 1 is 1.21 bits per heavy atom. The van der Waals surface area contributed by atoms with Crippen LogP contribution in [0, 0.1) is 24.0 Å². The van der Waals surface area contributed by atoms with E-state index in [1.54, 1.807) is 20.1 Å². The van der Waals surface area contributed by atoms with Crippen LogP contribution in [-0.4, -0.2) is 24.5 Å². The van der Waals surface area contributed by atoms with Crippen LogP contribution >= 0.6 is 0 Å². The first-order valence-electron chi connectivity index (χ1n) is 7.56. The number of nitrogens with zero attached hydrogens (tertiary/aromatic N) is 1. The van der Waals surface area contributed by atoms with Crippen LogP contribution in [0.2, 0.25) is 0 Å². The molecular formula is C18H20N2O4. The number of carbonyl (C=O) groups excluding carboxylic acids is 1. The van der Waals surface area contributed by atoms with E-state index in [0.29, 0.717) is 11.1 Å². The largest absolute Gasteiger partial charge is 0.375 e. The van der Waals surface area contributed by atoms with Crippen molar-refractivity contribution in [3.8, 4) is 0 Å². The average Bonchev–Trinajstić information content (AvgIpc) is 2.56. The number of amides is 1. The Hall–Kier alpha value is -2.73. The van der Waals surface area contributed by atoms with E-state index in [0.717, 1.165) is 11.1 Å². The molecule has 0 heterocycles. The topological polar surface area (TPSA) is 81.5 Å². The highest BCUT2D eigenvalue weighted by Crippen LogP contribution is 2.22. The standard InChI is InChI=1S/C18H20N2O4/c1-12-7-4-5-8-14(12)17(24-3)11-19-18(21)15-9-6-10-16(13(15)2)20(22)23/h4-10,17H,11H2,1-3H3,(H,19,21). The Morgan fingerprint density at radius 2 is 1.92 bits per heavy atom. The van der Waals surface area contributed by atoms with Crippen LogP contribution in [-0.2, 0) is 4.74 Å². The number of nitrogens with one attached hydrogen (secondary N) is 1. The molecule has 24 heavy (non-hydrogen) atoms. The Bertz CT molecular complexity index is 758. The number of hydrogen-bond donors (Lipinski definition) is 1. The van der Waals surface area contributed by atoms with Gasteiger partial charge in [-0.1, -0.05) is 30.3 Å². The molecule has 2 aromatic rings. The molecule has 0 bridgehead atoms. The van der Waals surface area contributed by atoms with Crippen molar-refractivity contribution in [2.24, 2.45) is 0 Å². The monoisotopic (exact) mass is 328 g/mol. The van der Waals surface area contributed by atoms with Gasteiger partial charge in [-0.05, 0) is 31.0 Å². The number of carbonyl (C=O) groups is 1. The lowest BCUT2D eigenvalue weighted by Crippen LogP contribution is -2.30. The first kappa shape index (κ1) is 17.6. The van der Waals surface area contributed by atoms with Crippen molar-refractivity contribution in [2.45, 2.75) is 20.0 Å². The Labute approximate surface area is 140 Å². The van der Waals surface area contributed by atoms with E-state index >= 15 is 0 Å². The number of nitro groups is 1. The number of benzene rings is 2. The van der Waals surface area contributed by atoms with Gasteiger partial charge in [-0.3, -0.25) is 14.9 Å².